The number of thiazole rings is 1. The molecule has 0 aliphatic carbocycles. The molecule has 0 N–H and O–H groups in total. The molecule has 0 saturated heterocycles. The number of nitrogens with zero attached hydrogens (tertiary/aromatic N) is 3. The van der Waals surface area contributed by atoms with Crippen LogP contribution in [0.3, 0.4) is 0 Å². The third kappa shape index (κ3) is 6.43. The Bertz CT molecular complexity index is 1950. The molecule has 9 nitrogen and oxygen atoms in total. The predicted octanol–water partition coefficient (Wildman–Crippen LogP) is 5.63. The largest absolute Gasteiger partial charge is 0.487 e. The van der Waals surface area contributed by atoms with Crippen LogP contribution in [-0.4, -0.2) is 22.1 Å². The van der Waals surface area contributed by atoms with Crippen LogP contribution in [0.25, 0.3) is 6.08 Å². The lowest BCUT2D eigenvalue weighted by Gasteiger charge is -2.24. The average molecular weight is 825 g/mol. The lowest BCUT2D eigenvalue weighted by Crippen LogP contribution is -2.39. The fraction of sp³-hybridized carbons (Fsp3) is 0.167. The molecule has 0 bridgehead atoms. The van der Waals surface area contributed by atoms with Gasteiger partial charge in [0.05, 0.1) is 40.5 Å². The van der Waals surface area contributed by atoms with Crippen molar-refractivity contribution in [2.24, 2.45) is 4.99 Å². The lowest BCUT2D eigenvalue weighted by atomic mass is 9.95. The van der Waals surface area contributed by atoms with Crippen molar-refractivity contribution in [2.45, 2.75) is 26.5 Å². The number of fused-ring (bicyclic) bond motifs is 1. The average Bonchev–Trinajstić information content (AvgIpc) is 3.26. The molecule has 5 rings (SSSR count). The van der Waals surface area contributed by atoms with Crippen molar-refractivity contribution < 1.29 is 23.6 Å². The first-order valence-corrected chi connectivity index (χ1v) is 15.9. The number of carbonyl (C=O) groups excluding carboxylic acids is 1. The van der Waals surface area contributed by atoms with E-state index in [1.165, 1.54) is 46.2 Å². The lowest BCUT2D eigenvalue weighted by molar-refractivity contribution is -0.384. The van der Waals surface area contributed by atoms with Gasteiger partial charge >= 0.3 is 5.97 Å². The van der Waals surface area contributed by atoms with Crippen LogP contribution in [0.15, 0.2) is 81.7 Å². The first kappa shape index (κ1) is 31.0. The molecule has 4 aromatic rings. The normalized spacial score (nSPS) is 14.7. The molecule has 1 aliphatic rings. The van der Waals surface area contributed by atoms with Gasteiger partial charge in [-0.2, -0.15) is 0 Å². The Morgan fingerprint density at radius 3 is 2.47 bits per heavy atom. The van der Waals surface area contributed by atoms with Gasteiger partial charge in [0.1, 0.15) is 18.2 Å². The number of aromatic nitrogens is 1. The Hall–Kier alpha value is -3.44. The van der Waals surface area contributed by atoms with Gasteiger partial charge in [-0.1, -0.05) is 29.5 Å². The number of halogens is 3. The van der Waals surface area contributed by atoms with E-state index in [-0.39, 0.29) is 35.9 Å². The third-order valence-electron chi connectivity index (χ3n) is 6.58. The van der Waals surface area contributed by atoms with E-state index in [1.807, 2.05) is 12.1 Å². The van der Waals surface area contributed by atoms with Gasteiger partial charge in [-0.15, -0.1) is 0 Å². The zero-order valence-electron chi connectivity index (χ0n) is 22.7. The number of non-ortho nitro benzene ring substituents is 1. The quantitative estimate of drug-likeness (QED) is 0.0986. The fourth-order valence-electron chi connectivity index (χ4n) is 4.60. The molecule has 0 fully saturated rings. The van der Waals surface area contributed by atoms with Crippen molar-refractivity contribution in [2.75, 3.05) is 6.61 Å². The maximum Gasteiger partial charge on any atom is 0.338 e. The van der Waals surface area contributed by atoms with Gasteiger partial charge in [-0.05, 0) is 107 Å². The van der Waals surface area contributed by atoms with Crippen LogP contribution in [-0.2, 0) is 16.1 Å². The molecule has 0 radical (unpaired) electrons. The molecule has 220 valence electrons. The van der Waals surface area contributed by atoms with Gasteiger partial charge in [0, 0.05) is 17.7 Å². The third-order valence-corrected chi connectivity index (χ3v) is 9.17. The van der Waals surface area contributed by atoms with E-state index < -0.39 is 16.9 Å². The second kappa shape index (κ2) is 13.1. The number of nitro groups is 1. The monoisotopic (exact) mass is 825 g/mol. The van der Waals surface area contributed by atoms with Crippen molar-refractivity contribution in [1.29, 1.82) is 0 Å². The summed E-state index contributed by atoms with van der Waals surface area (Å²) in [5, 5.41) is 11.2. The highest BCUT2D eigenvalue weighted by atomic mass is 127. The highest BCUT2D eigenvalue weighted by Crippen LogP contribution is 2.32. The summed E-state index contributed by atoms with van der Waals surface area (Å²) >= 11 is 5.46. The number of ether oxygens (including phenoxy) is 2. The van der Waals surface area contributed by atoms with Crippen molar-refractivity contribution in [3.05, 3.63) is 131 Å². The molecular weight excluding hydrogens is 803 g/mol. The number of benzene rings is 3. The molecule has 1 aromatic heterocycles. The number of nitro benzene ring substituents is 1. The van der Waals surface area contributed by atoms with Gasteiger partial charge in [0.25, 0.3) is 11.2 Å². The standard InChI is InChI=1S/C30H22FI2N3O6S/c1-3-41-29(38)25-16(2)34-30-35(26(25)18-8-10-20(11-9-18)36(39)40)28(37)24(43-30)14-17-12-22(32)27(23(33)13-17)42-15-19-6-4-5-7-21(19)31/h4-14,26H,3,15H2,1-2H3/b24-14+/t26-/m1/s1. The van der Waals surface area contributed by atoms with E-state index in [0.29, 0.717) is 31.9 Å². The van der Waals surface area contributed by atoms with Gasteiger partial charge in [0.15, 0.2) is 4.80 Å². The number of allylic oxidation sites excluding steroid dienone is 1. The van der Waals surface area contributed by atoms with E-state index in [1.54, 1.807) is 38.1 Å². The van der Waals surface area contributed by atoms with E-state index in [4.69, 9.17) is 9.47 Å². The maximum atomic E-state index is 14.1. The summed E-state index contributed by atoms with van der Waals surface area (Å²) in [7, 11) is 0. The minimum absolute atomic E-state index is 0.0708. The zero-order chi connectivity index (χ0) is 30.8. The predicted molar refractivity (Wildman–Crippen MR) is 176 cm³/mol. The summed E-state index contributed by atoms with van der Waals surface area (Å²) in [4.78, 5) is 42.6. The molecule has 13 heteroatoms. The summed E-state index contributed by atoms with van der Waals surface area (Å²) in [5.74, 6) is -0.347. The molecule has 1 aliphatic heterocycles. The Labute approximate surface area is 275 Å². The van der Waals surface area contributed by atoms with E-state index in [0.717, 1.165) is 12.7 Å². The molecule has 3 aromatic carbocycles. The first-order chi connectivity index (χ1) is 20.6. The minimum atomic E-state index is -0.882. The molecule has 43 heavy (non-hydrogen) atoms. The van der Waals surface area contributed by atoms with E-state index >= 15 is 0 Å². The van der Waals surface area contributed by atoms with Gasteiger partial charge in [-0.25, -0.2) is 14.2 Å². The second-order valence-corrected chi connectivity index (χ2v) is 12.7. The molecule has 0 unspecified atom stereocenters. The van der Waals surface area contributed by atoms with Crippen molar-refractivity contribution in [3.8, 4) is 5.75 Å². The SMILES string of the molecule is CCOC(=O)C1=C(C)N=c2s/c(=C/c3cc(I)c(OCc4ccccc4F)c(I)c3)c(=O)n2[C@@H]1c1ccc([N+](=O)[O-])cc1. The number of rotatable bonds is 8. The molecule has 2 heterocycles. The smallest absolute Gasteiger partial charge is 0.338 e. The van der Waals surface area contributed by atoms with Crippen LogP contribution in [0.1, 0.15) is 36.6 Å². The number of hydrogen-bond donors (Lipinski definition) is 0. The second-order valence-electron chi connectivity index (χ2n) is 9.34. The summed E-state index contributed by atoms with van der Waals surface area (Å²) < 4.78 is 28.7. The van der Waals surface area contributed by atoms with E-state index in [9.17, 15) is 24.1 Å². The Kier molecular flexibility index (Phi) is 9.41. The van der Waals surface area contributed by atoms with Crippen LogP contribution in [0.4, 0.5) is 10.1 Å². The van der Waals surface area contributed by atoms with Crippen LogP contribution in [0, 0.1) is 23.1 Å². The zero-order valence-corrected chi connectivity index (χ0v) is 27.8. The Morgan fingerprint density at radius 2 is 1.84 bits per heavy atom. The molecule has 0 saturated carbocycles. The highest BCUT2D eigenvalue weighted by Gasteiger charge is 2.33. The van der Waals surface area contributed by atoms with Gasteiger partial charge < -0.3 is 9.47 Å². The number of carbonyl (C=O) groups is 1. The summed E-state index contributed by atoms with van der Waals surface area (Å²) in [6.45, 7) is 3.56. The Balaban J connectivity index is 1.56. The first-order valence-electron chi connectivity index (χ1n) is 12.9. The Morgan fingerprint density at radius 1 is 1.16 bits per heavy atom. The minimum Gasteiger partial charge on any atom is -0.487 e. The molecule has 0 amide bonds. The summed E-state index contributed by atoms with van der Waals surface area (Å²) in [5.41, 5.74) is 1.80. The molecule has 0 spiro atoms. The highest BCUT2D eigenvalue weighted by molar-refractivity contribution is 14.1. The summed E-state index contributed by atoms with van der Waals surface area (Å²) in [6.07, 6.45) is 1.74. The van der Waals surface area contributed by atoms with Gasteiger partial charge in [0.2, 0.25) is 0 Å². The summed E-state index contributed by atoms with van der Waals surface area (Å²) in [6, 6.07) is 15.0. The van der Waals surface area contributed by atoms with Crippen LogP contribution >= 0.6 is 56.5 Å². The number of hydrogen-bond acceptors (Lipinski definition) is 8. The number of esters is 1. The van der Waals surface area contributed by atoms with Crippen LogP contribution in [0.2, 0.25) is 0 Å². The topological polar surface area (TPSA) is 113 Å². The van der Waals surface area contributed by atoms with Crippen LogP contribution in [0.5, 0.6) is 5.75 Å². The van der Waals surface area contributed by atoms with E-state index in [2.05, 4.69) is 50.2 Å². The fourth-order valence-corrected chi connectivity index (χ4v) is 7.78. The van der Waals surface area contributed by atoms with Crippen molar-refractivity contribution in [1.82, 2.24) is 4.57 Å². The van der Waals surface area contributed by atoms with Gasteiger partial charge in [-0.3, -0.25) is 19.5 Å². The van der Waals surface area contributed by atoms with Crippen molar-refractivity contribution in [3.63, 3.8) is 0 Å². The van der Waals surface area contributed by atoms with Crippen LogP contribution < -0.4 is 19.6 Å². The molecular formula is C30H22FI2N3O6S. The van der Waals surface area contributed by atoms with Crippen molar-refractivity contribution >= 4 is 74.3 Å². The molecule has 1 atom stereocenters. The maximum absolute atomic E-state index is 14.1.